The van der Waals surface area contributed by atoms with Crippen LogP contribution >= 0.6 is 23.2 Å². The van der Waals surface area contributed by atoms with Crippen LogP contribution in [0.4, 0.5) is 0 Å². The molecular formula is C24H25Cl2NO6. The number of hydrogen-bond donors (Lipinski definition) is 1. The average molecular weight is 494 g/mol. The van der Waals surface area contributed by atoms with E-state index in [4.69, 9.17) is 37.4 Å². The van der Waals surface area contributed by atoms with Gasteiger partial charge in [-0.3, -0.25) is 9.59 Å². The van der Waals surface area contributed by atoms with Crippen LogP contribution in [0.2, 0.25) is 10.0 Å². The van der Waals surface area contributed by atoms with Crippen LogP contribution in [0, 0.1) is 0 Å². The van der Waals surface area contributed by atoms with Gasteiger partial charge in [0.15, 0.2) is 11.5 Å². The summed E-state index contributed by atoms with van der Waals surface area (Å²) in [7, 11) is 4.39. The Morgan fingerprint density at radius 3 is 2.33 bits per heavy atom. The van der Waals surface area contributed by atoms with Gasteiger partial charge >= 0.3 is 0 Å². The number of methoxy groups -OCH3 is 3. The second-order valence-corrected chi connectivity index (χ2v) is 8.27. The number of amides is 1. The highest BCUT2D eigenvalue weighted by Gasteiger charge is 2.46. The number of benzene rings is 2. The summed E-state index contributed by atoms with van der Waals surface area (Å²) in [6, 6.07) is 7.15. The minimum atomic E-state index is -0.848. The number of aliphatic hydroxyl groups is 1. The number of ether oxygens (including phenoxy) is 3. The van der Waals surface area contributed by atoms with Gasteiger partial charge in [-0.15, -0.1) is 0 Å². The smallest absolute Gasteiger partial charge is 0.295 e. The molecule has 2 aromatic carbocycles. The maximum atomic E-state index is 13.2. The molecule has 9 heteroatoms. The van der Waals surface area contributed by atoms with Crippen molar-refractivity contribution in [2.75, 3.05) is 27.9 Å². The fraction of sp³-hybridized carbons (Fsp3) is 0.333. The van der Waals surface area contributed by atoms with Crippen LogP contribution in [0.25, 0.3) is 5.76 Å². The molecular weight excluding hydrogens is 469 g/mol. The van der Waals surface area contributed by atoms with Crippen LogP contribution < -0.4 is 14.2 Å². The molecule has 0 bridgehead atoms. The molecule has 0 saturated carbocycles. The van der Waals surface area contributed by atoms with Crippen molar-refractivity contribution in [3.8, 4) is 17.2 Å². The minimum absolute atomic E-state index is 0.0834. The van der Waals surface area contributed by atoms with Gasteiger partial charge in [0.1, 0.15) is 11.5 Å². The summed E-state index contributed by atoms with van der Waals surface area (Å²) >= 11 is 12.4. The van der Waals surface area contributed by atoms with Crippen LogP contribution in [-0.2, 0) is 9.59 Å². The van der Waals surface area contributed by atoms with Gasteiger partial charge in [0.2, 0.25) is 0 Å². The van der Waals surface area contributed by atoms with Gasteiger partial charge in [0, 0.05) is 11.6 Å². The molecule has 1 heterocycles. The molecule has 0 radical (unpaired) electrons. The Kier molecular flexibility index (Phi) is 7.76. The first-order valence-electron chi connectivity index (χ1n) is 10.3. The summed E-state index contributed by atoms with van der Waals surface area (Å²) in [5, 5.41) is 11.7. The predicted octanol–water partition coefficient (Wildman–Crippen LogP) is 5.24. The van der Waals surface area contributed by atoms with E-state index in [9.17, 15) is 14.7 Å². The molecule has 0 aliphatic carbocycles. The van der Waals surface area contributed by atoms with E-state index >= 15 is 0 Å². The standard InChI is InChI=1S/C24H25Cl2NO6/c1-5-6-9-27-20(13-7-8-17(31-2)18(10-13)32-3)19(22(29)24(27)30)21(28)15-11-14(25)12-16(26)23(15)33-4/h7-8,10-12,20,28H,5-6,9H2,1-4H3/b21-19+. The molecule has 1 unspecified atom stereocenters. The van der Waals surface area contributed by atoms with Gasteiger partial charge < -0.3 is 24.2 Å². The number of Topliss-reactive ketones (excluding diaryl/α,β-unsaturated/α-hetero) is 1. The molecule has 1 aliphatic rings. The Labute approximate surface area is 202 Å². The highest BCUT2D eigenvalue weighted by Crippen LogP contribution is 2.44. The van der Waals surface area contributed by atoms with Gasteiger partial charge in [-0.2, -0.15) is 0 Å². The molecule has 1 atom stereocenters. The largest absolute Gasteiger partial charge is 0.507 e. The highest BCUT2D eigenvalue weighted by atomic mass is 35.5. The maximum absolute atomic E-state index is 13.2. The number of carbonyl (C=O) groups is 2. The Morgan fingerprint density at radius 2 is 1.73 bits per heavy atom. The molecule has 1 fully saturated rings. The molecule has 1 amide bonds. The summed E-state index contributed by atoms with van der Waals surface area (Å²) in [6.07, 6.45) is 1.50. The van der Waals surface area contributed by atoms with E-state index < -0.39 is 23.5 Å². The number of unbranched alkanes of at least 4 members (excludes halogenated alkanes) is 1. The summed E-state index contributed by atoms with van der Waals surface area (Å²) in [5.74, 6) is -0.856. The van der Waals surface area contributed by atoms with Crippen molar-refractivity contribution in [2.24, 2.45) is 0 Å². The molecule has 176 valence electrons. The first-order chi connectivity index (χ1) is 15.8. The number of ketones is 1. The van der Waals surface area contributed by atoms with Crippen LogP contribution in [0.15, 0.2) is 35.9 Å². The molecule has 33 heavy (non-hydrogen) atoms. The topological polar surface area (TPSA) is 85.3 Å². The van der Waals surface area contributed by atoms with Crippen molar-refractivity contribution >= 4 is 40.7 Å². The Balaban J connectivity index is 2.28. The van der Waals surface area contributed by atoms with E-state index in [1.165, 1.54) is 38.4 Å². The van der Waals surface area contributed by atoms with Crippen molar-refractivity contribution < 1.29 is 28.9 Å². The predicted molar refractivity (Wildman–Crippen MR) is 126 cm³/mol. The van der Waals surface area contributed by atoms with E-state index in [2.05, 4.69) is 0 Å². The number of halogens is 2. The van der Waals surface area contributed by atoms with Crippen molar-refractivity contribution in [1.82, 2.24) is 4.90 Å². The Hall–Kier alpha value is -2.90. The molecule has 0 spiro atoms. The maximum Gasteiger partial charge on any atom is 0.295 e. The number of likely N-dealkylation sites (tertiary alicyclic amines) is 1. The lowest BCUT2D eigenvalue weighted by Crippen LogP contribution is -2.30. The van der Waals surface area contributed by atoms with Gasteiger partial charge in [-0.25, -0.2) is 0 Å². The van der Waals surface area contributed by atoms with Crippen LogP contribution in [0.3, 0.4) is 0 Å². The fourth-order valence-corrected chi connectivity index (χ4v) is 4.47. The minimum Gasteiger partial charge on any atom is -0.507 e. The van der Waals surface area contributed by atoms with Gasteiger partial charge in [-0.05, 0) is 36.2 Å². The van der Waals surface area contributed by atoms with Gasteiger partial charge in [-0.1, -0.05) is 42.6 Å². The lowest BCUT2D eigenvalue weighted by molar-refractivity contribution is -0.139. The quantitative estimate of drug-likeness (QED) is 0.307. The van der Waals surface area contributed by atoms with E-state index in [1.54, 1.807) is 18.2 Å². The average Bonchev–Trinajstić information content (AvgIpc) is 3.06. The zero-order valence-corrected chi connectivity index (χ0v) is 20.3. The molecule has 3 rings (SSSR count). The highest BCUT2D eigenvalue weighted by molar-refractivity contribution is 6.46. The van der Waals surface area contributed by atoms with Gasteiger partial charge in [0.05, 0.1) is 43.5 Å². The Bertz CT molecular complexity index is 1110. The van der Waals surface area contributed by atoms with Gasteiger partial charge in [0.25, 0.3) is 11.7 Å². The van der Waals surface area contributed by atoms with Crippen molar-refractivity contribution in [3.63, 3.8) is 0 Å². The normalized spacial score (nSPS) is 17.4. The lowest BCUT2D eigenvalue weighted by atomic mass is 9.94. The van der Waals surface area contributed by atoms with Crippen molar-refractivity contribution in [3.05, 3.63) is 57.1 Å². The SMILES string of the molecule is CCCCN1C(=O)C(=O)/C(=C(/O)c2cc(Cl)cc(Cl)c2OC)C1c1ccc(OC)c(OC)c1. The first-order valence-corrected chi connectivity index (χ1v) is 11.1. The second kappa shape index (κ2) is 10.4. The monoisotopic (exact) mass is 493 g/mol. The van der Waals surface area contributed by atoms with Crippen LogP contribution in [0.1, 0.15) is 36.9 Å². The number of hydrogen-bond acceptors (Lipinski definition) is 6. The number of rotatable bonds is 8. The van der Waals surface area contributed by atoms with Crippen LogP contribution in [-0.4, -0.2) is 49.6 Å². The number of nitrogens with zero attached hydrogens (tertiary/aromatic N) is 1. The van der Waals surface area contributed by atoms with Crippen molar-refractivity contribution in [1.29, 1.82) is 0 Å². The first kappa shape index (κ1) is 24.7. The summed E-state index contributed by atoms with van der Waals surface area (Å²) in [4.78, 5) is 27.6. The fourth-order valence-electron chi connectivity index (χ4n) is 3.90. The second-order valence-electron chi connectivity index (χ2n) is 7.43. The van der Waals surface area contributed by atoms with E-state index in [0.29, 0.717) is 30.0 Å². The number of carbonyl (C=O) groups excluding carboxylic acids is 2. The molecule has 1 saturated heterocycles. The summed E-state index contributed by atoms with van der Waals surface area (Å²) in [6.45, 7) is 2.32. The van der Waals surface area contributed by atoms with Crippen LogP contribution in [0.5, 0.6) is 17.2 Å². The molecule has 2 aromatic rings. The Morgan fingerprint density at radius 1 is 1.03 bits per heavy atom. The molecule has 0 aromatic heterocycles. The third kappa shape index (κ3) is 4.61. The van der Waals surface area contributed by atoms with Crippen molar-refractivity contribution in [2.45, 2.75) is 25.8 Å². The summed E-state index contributed by atoms with van der Waals surface area (Å²) < 4.78 is 16.1. The summed E-state index contributed by atoms with van der Waals surface area (Å²) in [5.41, 5.74) is 0.616. The van der Waals surface area contributed by atoms with E-state index in [0.717, 1.165) is 6.42 Å². The van der Waals surface area contributed by atoms with E-state index in [1.807, 2.05) is 6.92 Å². The molecule has 1 aliphatic heterocycles. The zero-order chi connectivity index (χ0) is 24.3. The van der Waals surface area contributed by atoms with E-state index in [-0.39, 0.29) is 26.9 Å². The lowest BCUT2D eigenvalue weighted by Gasteiger charge is -2.26. The third-order valence-corrected chi connectivity index (χ3v) is 5.98. The third-order valence-electron chi connectivity index (χ3n) is 5.48. The molecule has 1 N–H and O–H groups in total. The number of aliphatic hydroxyl groups excluding tert-OH is 1. The zero-order valence-electron chi connectivity index (χ0n) is 18.8. The molecule has 7 nitrogen and oxygen atoms in total.